The van der Waals surface area contributed by atoms with E-state index in [0.29, 0.717) is 17.0 Å². The highest BCUT2D eigenvalue weighted by Crippen LogP contribution is 2.27. The highest BCUT2D eigenvalue weighted by Gasteiger charge is 2.17. The number of nitrogens with one attached hydrogen (secondary N) is 1. The number of H-pyrrole nitrogens is 1. The van der Waals surface area contributed by atoms with E-state index in [2.05, 4.69) is 9.97 Å². The summed E-state index contributed by atoms with van der Waals surface area (Å²) in [5, 5.41) is 9.72. The van der Waals surface area contributed by atoms with Gasteiger partial charge in [-0.1, -0.05) is 11.8 Å². The normalized spacial score (nSPS) is 14.6. The molecule has 1 N–H and O–H groups in total. The van der Waals surface area contributed by atoms with Gasteiger partial charge >= 0.3 is 0 Å². The minimum Gasteiger partial charge on any atom is -0.490 e. The van der Waals surface area contributed by atoms with Crippen LogP contribution < -0.4 is 10.3 Å². The Kier molecular flexibility index (Phi) is 4.68. The molecule has 118 valence electrons. The second-order valence-electron chi connectivity index (χ2n) is 5.46. The Bertz CT molecular complexity index is 787. The molecular weight excluding hydrogens is 310 g/mol. The highest BCUT2D eigenvalue weighted by molar-refractivity contribution is 7.98. The van der Waals surface area contributed by atoms with Crippen LogP contribution in [0.3, 0.4) is 0 Å². The monoisotopic (exact) mass is 327 g/mol. The van der Waals surface area contributed by atoms with Crippen molar-refractivity contribution in [2.75, 3.05) is 6.26 Å². The van der Waals surface area contributed by atoms with Crippen molar-refractivity contribution in [2.24, 2.45) is 0 Å². The van der Waals surface area contributed by atoms with Gasteiger partial charge in [0.1, 0.15) is 17.4 Å². The van der Waals surface area contributed by atoms with E-state index in [1.165, 1.54) is 24.6 Å². The highest BCUT2D eigenvalue weighted by atomic mass is 32.2. The Hall–Kier alpha value is -2.26. The minimum atomic E-state index is -0.409. The van der Waals surface area contributed by atoms with Gasteiger partial charge < -0.3 is 9.72 Å². The lowest BCUT2D eigenvalue weighted by Crippen LogP contribution is -2.14. The molecule has 1 saturated carbocycles. The number of hydrogen-bond acceptors (Lipinski definition) is 5. The summed E-state index contributed by atoms with van der Waals surface area (Å²) in [6.07, 6.45) is 6.79. The average Bonchev–Trinajstić information content (AvgIpc) is 3.07. The van der Waals surface area contributed by atoms with E-state index < -0.39 is 5.56 Å². The van der Waals surface area contributed by atoms with Crippen molar-refractivity contribution < 1.29 is 4.74 Å². The molecule has 23 heavy (non-hydrogen) atoms. The first-order valence-corrected chi connectivity index (χ1v) is 8.79. The lowest BCUT2D eigenvalue weighted by Gasteiger charge is -2.13. The molecule has 1 aromatic carbocycles. The first kappa shape index (κ1) is 15.6. The van der Waals surface area contributed by atoms with Crippen LogP contribution in [0.4, 0.5) is 0 Å². The van der Waals surface area contributed by atoms with Gasteiger partial charge in [-0.3, -0.25) is 4.79 Å². The lowest BCUT2D eigenvalue weighted by atomic mass is 10.1. The molecule has 1 aliphatic rings. The Morgan fingerprint density at radius 1 is 1.30 bits per heavy atom. The van der Waals surface area contributed by atoms with Crippen molar-refractivity contribution in [3.8, 4) is 23.1 Å². The van der Waals surface area contributed by atoms with E-state index >= 15 is 0 Å². The molecule has 2 aromatic rings. The van der Waals surface area contributed by atoms with E-state index in [-0.39, 0.29) is 5.56 Å². The van der Waals surface area contributed by atoms with Crippen LogP contribution in [0, 0.1) is 11.3 Å². The number of rotatable bonds is 4. The number of aromatic amines is 1. The van der Waals surface area contributed by atoms with Gasteiger partial charge in [0.15, 0.2) is 5.16 Å². The molecule has 1 heterocycles. The van der Waals surface area contributed by atoms with Gasteiger partial charge in [-0.15, -0.1) is 0 Å². The molecule has 0 amide bonds. The summed E-state index contributed by atoms with van der Waals surface area (Å²) in [7, 11) is 0. The maximum absolute atomic E-state index is 12.0. The SMILES string of the molecule is CSc1nc(-c2ccc(OC3CCCC3)cc2)c(C#N)c(=O)[nH]1. The number of ether oxygens (including phenoxy) is 1. The van der Waals surface area contributed by atoms with Gasteiger partial charge in [-0.05, 0) is 56.2 Å². The Morgan fingerprint density at radius 2 is 2.00 bits per heavy atom. The van der Waals surface area contributed by atoms with Crippen LogP contribution in [-0.2, 0) is 0 Å². The first-order chi connectivity index (χ1) is 11.2. The summed E-state index contributed by atoms with van der Waals surface area (Å²) in [4.78, 5) is 18.9. The number of hydrogen-bond donors (Lipinski definition) is 1. The van der Waals surface area contributed by atoms with Crippen LogP contribution in [0.2, 0.25) is 0 Å². The third kappa shape index (κ3) is 3.40. The van der Waals surface area contributed by atoms with Crippen LogP contribution in [-0.4, -0.2) is 22.3 Å². The number of aromatic nitrogens is 2. The molecule has 0 aliphatic heterocycles. The second-order valence-corrected chi connectivity index (χ2v) is 6.25. The maximum atomic E-state index is 12.0. The van der Waals surface area contributed by atoms with Crippen LogP contribution in [0.25, 0.3) is 11.3 Å². The van der Waals surface area contributed by atoms with Gasteiger partial charge in [0, 0.05) is 5.56 Å². The largest absolute Gasteiger partial charge is 0.490 e. The average molecular weight is 327 g/mol. The molecule has 0 spiro atoms. The van der Waals surface area contributed by atoms with E-state index in [4.69, 9.17) is 4.74 Å². The molecule has 1 aliphatic carbocycles. The second kappa shape index (κ2) is 6.88. The van der Waals surface area contributed by atoms with Crippen molar-refractivity contribution >= 4 is 11.8 Å². The van der Waals surface area contributed by atoms with E-state index in [9.17, 15) is 10.1 Å². The van der Waals surface area contributed by atoms with Crippen molar-refractivity contribution in [3.63, 3.8) is 0 Å². The Labute approximate surface area is 138 Å². The fourth-order valence-electron chi connectivity index (χ4n) is 2.75. The smallest absolute Gasteiger partial charge is 0.270 e. The molecular formula is C17H17N3O2S. The van der Waals surface area contributed by atoms with E-state index in [1.54, 1.807) is 0 Å². The fraction of sp³-hybridized carbons (Fsp3) is 0.353. The summed E-state index contributed by atoms with van der Waals surface area (Å²) in [6.45, 7) is 0. The summed E-state index contributed by atoms with van der Waals surface area (Å²) >= 11 is 1.33. The first-order valence-electron chi connectivity index (χ1n) is 7.57. The van der Waals surface area contributed by atoms with Crippen LogP contribution in [0.1, 0.15) is 31.2 Å². The number of thioether (sulfide) groups is 1. The predicted octanol–water partition coefficient (Wildman–Crippen LogP) is 3.35. The van der Waals surface area contributed by atoms with E-state index in [0.717, 1.165) is 24.2 Å². The third-order valence-electron chi connectivity index (χ3n) is 3.94. The van der Waals surface area contributed by atoms with Crippen LogP contribution in [0.5, 0.6) is 5.75 Å². The molecule has 1 fully saturated rings. The van der Waals surface area contributed by atoms with Gasteiger partial charge in [0.05, 0.1) is 11.8 Å². The molecule has 1 aromatic heterocycles. The number of benzene rings is 1. The molecule has 3 rings (SSSR count). The van der Waals surface area contributed by atoms with Crippen molar-refractivity contribution in [3.05, 3.63) is 40.2 Å². The Balaban J connectivity index is 1.91. The van der Waals surface area contributed by atoms with Gasteiger partial charge in [0.25, 0.3) is 5.56 Å². The number of nitriles is 1. The molecule has 5 nitrogen and oxygen atoms in total. The summed E-state index contributed by atoms with van der Waals surface area (Å²) in [6, 6.07) is 9.37. The molecule has 0 unspecified atom stereocenters. The van der Waals surface area contributed by atoms with Crippen LogP contribution in [0.15, 0.2) is 34.2 Å². The lowest BCUT2D eigenvalue weighted by molar-refractivity contribution is 0.210. The van der Waals surface area contributed by atoms with Crippen molar-refractivity contribution in [1.82, 2.24) is 9.97 Å². The molecule has 6 heteroatoms. The topological polar surface area (TPSA) is 78.8 Å². The fourth-order valence-corrected chi connectivity index (χ4v) is 3.13. The van der Waals surface area contributed by atoms with Crippen molar-refractivity contribution in [2.45, 2.75) is 36.9 Å². The standard InChI is InChI=1S/C17H17N3O2S/c1-23-17-19-15(14(10-18)16(21)20-17)11-6-8-13(9-7-11)22-12-4-2-3-5-12/h6-9,12H,2-5H2,1H3,(H,19,20,21). The van der Waals surface area contributed by atoms with Gasteiger partial charge in [-0.2, -0.15) is 5.26 Å². The van der Waals surface area contributed by atoms with Crippen molar-refractivity contribution in [1.29, 1.82) is 5.26 Å². The zero-order chi connectivity index (χ0) is 16.2. The van der Waals surface area contributed by atoms with Crippen LogP contribution >= 0.6 is 11.8 Å². The summed E-state index contributed by atoms with van der Waals surface area (Å²) in [5.74, 6) is 0.814. The molecule has 0 atom stereocenters. The molecule has 0 bridgehead atoms. The minimum absolute atomic E-state index is 0.0345. The predicted molar refractivity (Wildman–Crippen MR) is 89.7 cm³/mol. The van der Waals surface area contributed by atoms with Gasteiger partial charge in [-0.25, -0.2) is 4.98 Å². The maximum Gasteiger partial charge on any atom is 0.270 e. The number of nitrogens with zero attached hydrogens (tertiary/aromatic N) is 2. The quantitative estimate of drug-likeness (QED) is 0.688. The zero-order valence-corrected chi connectivity index (χ0v) is 13.7. The Morgan fingerprint density at radius 3 is 2.61 bits per heavy atom. The molecule has 0 radical (unpaired) electrons. The summed E-state index contributed by atoms with van der Waals surface area (Å²) in [5.41, 5.74) is 0.773. The van der Waals surface area contributed by atoms with Gasteiger partial charge in [0.2, 0.25) is 0 Å². The summed E-state index contributed by atoms with van der Waals surface area (Å²) < 4.78 is 5.93. The van der Waals surface area contributed by atoms with E-state index in [1.807, 2.05) is 36.6 Å². The zero-order valence-electron chi connectivity index (χ0n) is 12.8. The molecule has 0 saturated heterocycles. The third-order valence-corrected chi connectivity index (χ3v) is 4.52.